The Kier molecular flexibility index (Phi) is 5.53. The second-order valence-electron chi connectivity index (χ2n) is 4.51. The van der Waals surface area contributed by atoms with Gasteiger partial charge in [-0.05, 0) is 23.3 Å². The lowest BCUT2D eigenvalue weighted by molar-refractivity contribution is 0.184. The van der Waals surface area contributed by atoms with Gasteiger partial charge in [0.05, 0.1) is 6.61 Å². The molecule has 20 heavy (non-hydrogen) atoms. The van der Waals surface area contributed by atoms with Gasteiger partial charge in [0.1, 0.15) is 5.82 Å². The van der Waals surface area contributed by atoms with Crippen LogP contribution in [0.1, 0.15) is 16.7 Å². The van der Waals surface area contributed by atoms with Crippen LogP contribution in [0.25, 0.3) is 0 Å². The molecule has 1 N–H and O–H groups in total. The summed E-state index contributed by atoms with van der Waals surface area (Å²) in [7, 11) is 1.67. The van der Waals surface area contributed by atoms with E-state index in [1.54, 1.807) is 19.2 Å². The molecule has 0 bridgehead atoms. The van der Waals surface area contributed by atoms with Gasteiger partial charge in [-0.1, -0.05) is 41.9 Å². The minimum Gasteiger partial charge on any atom is -0.380 e. The van der Waals surface area contributed by atoms with Crippen LogP contribution in [-0.2, 0) is 24.4 Å². The zero-order valence-electron chi connectivity index (χ0n) is 11.3. The Morgan fingerprint density at radius 2 is 1.80 bits per heavy atom. The smallest absolute Gasteiger partial charge is 0.129 e. The van der Waals surface area contributed by atoms with Gasteiger partial charge in [-0.25, -0.2) is 4.39 Å². The van der Waals surface area contributed by atoms with Crippen molar-refractivity contribution in [2.75, 3.05) is 7.11 Å². The highest BCUT2D eigenvalue weighted by Gasteiger charge is 2.07. The van der Waals surface area contributed by atoms with Crippen LogP contribution in [0.15, 0.2) is 42.5 Å². The predicted octanol–water partition coefficient (Wildman–Crippen LogP) is 3.92. The molecule has 0 heterocycles. The predicted molar refractivity (Wildman–Crippen MR) is 79.1 cm³/mol. The minimum atomic E-state index is -0.282. The van der Waals surface area contributed by atoms with Gasteiger partial charge in [-0.15, -0.1) is 0 Å². The third-order valence-electron chi connectivity index (χ3n) is 3.10. The molecule has 4 heteroatoms. The van der Waals surface area contributed by atoms with Gasteiger partial charge in [0.25, 0.3) is 0 Å². The van der Waals surface area contributed by atoms with E-state index in [1.165, 1.54) is 6.07 Å². The number of nitrogens with one attached hydrogen (secondary N) is 1. The molecular weight excluding hydrogens is 277 g/mol. The number of halogens is 2. The standard InChI is InChI=1S/C16H17ClFNO/c1-20-11-13-6-3-2-5-12(13)9-19-10-14-15(17)7-4-8-16(14)18/h2-8,19H,9-11H2,1H3. The van der Waals surface area contributed by atoms with Crippen LogP contribution in [0, 0.1) is 5.82 Å². The van der Waals surface area contributed by atoms with Crippen molar-refractivity contribution in [1.29, 1.82) is 0 Å². The molecule has 2 aromatic rings. The maximum absolute atomic E-state index is 13.6. The summed E-state index contributed by atoms with van der Waals surface area (Å²) < 4.78 is 18.8. The van der Waals surface area contributed by atoms with Crippen LogP contribution in [-0.4, -0.2) is 7.11 Å². The molecule has 0 aliphatic heterocycles. The molecule has 0 saturated heterocycles. The maximum Gasteiger partial charge on any atom is 0.129 e. The molecule has 0 saturated carbocycles. The quantitative estimate of drug-likeness (QED) is 0.872. The fraction of sp³-hybridized carbons (Fsp3) is 0.250. The lowest BCUT2D eigenvalue weighted by Crippen LogP contribution is -2.15. The van der Waals surface area contributed by atoms with E-state index in [9.17, 15) is 4.39 Å². The van der Waals surface area contributed by atoms with Crippen molar-refractivity contribution in [1.82, 2.24) is 5.32 Å². The summed E-state index contributed by atoms with van der Waals surface area (Å²) in [5.41, 5.74) is 2.77. The second kappa shape index (κ2) is 7.39. The third kappa shape index (κ3) is 3.79. The maximum atomic E-state index is 13.6. The highest BCUT2D eigenvalue weighted by molar-refractivity contribution is 6.31. The summed E-state index contributed by atoms with van der Waals surface area (Å²) in [6.45, 7) is 1.61. The lowest BCUT2D eigenvalue weighted by atomic mass is 10.1. The van der Waals surface area contributed by atoms with Crippen molar-refractivity contribution >= 4 is 11.6 Å². The molecule has 2 aromatic carbocycles. The van der Waals surface area contributed by atoms with Crippen LogP contribution in [0.3, 0.4) is 0 Å². The van der Waals surface area contributed by atoms with Gasteiger partial charge in [0.15, 0.2) is 0 Å². The Hall–Kier alpha value is -1.42. The number of methoxy groups -OCH3 is 1. The number of ether oxygens (including phenoxy) is 1. The molecule has 2 rings (SSSR count). The average molecular weight is 294 g/mol. The van der Waals surface area contributed by atoms with E-state index in [1.807, 2.05) is 24.3 Å². The lowest BCUT2D eigenvalue weighted by Gasteiger charge is -2.11. The molecule has 0 fully saturated rings. The minimum absolute atomic E-state index is 0.282. The summed E-state index contributed by atoms with van der Waals surface area (Å²) in [5.74, 6) is -0.282. The molecule has 106 valence electrons. The van der Waals surface area contributed by atoms with E-state index in [0.717, 1.165) is 11.1 Å². The Balaban J connectivity index is 2.00. The third-order valence-corrected chi connectivity index (χ3v) is 3.45. The second-order valence-corrected chi connectivity index (χ2v) is 4.91. The van der Waals surface area contributed by atoms with E-state index < -0.39 is 0 Å². The highest BCUT2D eigenvalue weighted by Crippen LogP contribution is 2.19. The van der Waals surface area contributed by atoms with Crippen molar-refractivity contribution in [2.45, 2.75) is 19.7 Å². The molecule has 0 amide bonds. The molecule has 0 spiro atoms. The summed E-state index contributed by atoms with van der Waals surface area (Å²) in [6, 6.07) is 12.7. The summed E-state index contributed by atoms with van der Waals surface area (Å²) in [6.07, 6.45) is 0. The van der Waals surface area contributed by atoms with Crippen LogP contribution in [0.2, 0.25) is 5.02 Å². The first kappa shape index (κ1) is 15.0. The zero-order valence-corrected chi connectivity index (χ0v) is 12.1. The fourth-order valence-corrected chi connectivity index (χ4v) is 2.28. The summed E-state index contributed by atoms with van der Waals surface area (Å²) in [5, 5.41) is 3.67. The van der Waals surface area contributed by atoms with Crippen molar-refractivity contribution in [3.8, 4) is 0 Å². The SMILES string of the molecule is COCc1ccccc1CNCc1c(F)cccc1Cl. The largest absolute Gasteiger partial charge is 0.380 e. The molecule has 2 nitrogen and oxygen atoms in total. The van der Waals surface area contributed by atoms with Crippen LogP contribution >= 0.6 is 11.6 Å². The highest BCUT2D eigenvalue weighted by atomic mass is 35.5. The number of rotatable bonds is 6. The van der Waals surface area contributed by atoms with E-state index >= 15 is 0 Å². The number of hydrogen-bond donors (Lipinski definition) is 1. The normalized spacial score (nSPS) is 10.8. The van der Waals surface area contributed by atoms with Gasteiger partial charge < -0.3 is 10.1 Å². The number of benzene rings is 2. The molecule has 0 aliphatic carbocycles. The Bertz CT molecular complexity index is 554. The zero-order chi connectivity index (χ0) is 14.4. The Labute approximate surface area is 123 Å². The van der Waals surface area contributed by atoms with Crippen LogP contribution in [0.5, 0.6) is 0 Å². The van der Waals surface area contributed by atoms with Gasteiger partial charge in [0, 0.05) is 30.8 Å². The topological polar surface area (TPSA) is 21.3 Å². The van der Waals surface area contributed by atoms with Gasteiger partial charge in [-0.2, -0.15) is 0 Å². The first-order valence-corrected chi connectivity index (χ1v) is 6.79. The molecule has 0 aliphatic rings. The van der Waals surface area contributed by atoms with Crippen molar-refractivity contribution in [2.24, 2.45) is 0 Å². The Morgan fingerprint density at radius 3 is 2.50 bits per heavy atom. The summed E-state index contributed by atoms with van der Waals surface area (Å²) >= 11 is 5.99. The molecule has 0 unspecified atom stereocenters. The Morgan fingerprint density at radius 1 is 1.05 bits per heavy atom. The van der Waals surface area contributed by atoms with Crippen LogP contribution in [0.4, 0.5) is 4.39 Å². The van der Waals surface area contributed by atoms with E-state index in [-0.39, 0.29) is 5.82 Å². The molecule has 0 radical (unpaired) electrons. The van der Waals surface area contributed by atoms with Gasteiger partial charge in [0.2, 0.25) is 0 Å². The van der Waals surface area contributed by atoms with E-state index in [2.05, 4.69) is 5.32 Å². The number of hydrogen-bond acceptors (Lipinski definition) is 2. The molecular formula is C16H17ClFNO. The first-order chi connectivity index (χ1) is 9.72. The van der Waals surface area contributed by atoms with Crippen molar-refractivity contribution < 1.29 is 9.13 Å². The first-order valence-electron chi connectivity index (χ1n) is 6.41. The van der Waals surface area contributed by atoms with Crippen LogP contribution < -0.4 is 5.32 Å². The molecule has 0 aromatic heterocycles. The van der Waals surface area contributed by atoms with Crippen molar-refractivity contribution in [3.05, 3.63) is 70.0 Å². The molecule has 0 atom stereocenters. The monoisotopic (exact) mass is 293 g/mol. The summed E-state index contributed by atoms with van der Waals surface area (Å²) in [4.78, 5) is 0. The van der Waals surface area contributed by atoms with E-state index in [0.29, 0.717) is 30.3 Å². The fourth-order valence-electron chi connectivity index (χ4n) is 2.05. The van der Waals surface area contributed by atoms with E-state index in [4.69, 9.17) is 16.3 Å². The van der Waals surface area contributed by atoms with Gasteiger partial charge in [-0.3, -0.25) is 0 Å². The van der Waals surface area contributed by atoms with Gasteiger partial charge >= 0.3 is 0 Å². The van der Waals surface area contributed by atoms with Crippen molar-refractivity contribution in [3.63, 3.8) is 0 Å². The average Bonchev–Trinajstić information content (AvgIpc) is 2.44.